The molecule has 1 N–H and O–H groups in total. The van der Waals surface area contributed by atoms with Crippen molar-refractivity contribution in [1.82, 2.24) is 5.32 Å². The monoisotopic (exact) mass is 357 g/mol. The topological polar surface area (TPSA) is 38.3 Å². The van der Waals surface area contributed by atoms with Gasteiger partial charge in [0, 0.05) is 23.5 Å². The number of hydrogen-bond donors (Lipinski definition) is 1. The first-order valence-corrected chi connectivity index (χ1v) is 8.82. The normalized spacial score (nSPS) is 15.1. The zero-order chi connectivity index (χ0) is 16.9. The molecule has 0 amide bonds. The molecule has 0 spiro atoms. The van der Waals surface area contributed by atoms with Crippen LogP contribution in [0.1, 0.15) is 29.3 Å². The van der Waals surface area contributed by atoms with Crippen LogP contribution in [0.25, 0.3) is 5.70 Å². The highest BCUT2D eigenvalue weighted by Crippen LogP contribution is 2.30. The van der Waals surface area contributed by atoms with Crippen molar-refractivity contribution in [2.45, 2.75) is 13.3 Å². The van der Waals surface area contributed by atoms with Crippen LogP contribution in [0.4, 0.5) is 0 Å². The highest BCUT2D eigenvalue weighted by molar-refractivity contribution is 8.06. The van der Waals surface area contributed by atoms with E-state index in [2.05, 4.69) is 5.32 Å². The first kappa shape index (κ1) is 16.7. The van der Waals surface area contributed by atoms with E-state index in [1.54, 1.807) is 36.2 Å². The molecule has 0 radical (unpaired) electrons. The standard InChI is InChI=1S/C19H16ClNO2S/c1-2-18(22)15-9-8-14(10-16(15)20)23-11-19-21-17(12-24-19)13-6-4-3-5-7-13/h3-12,21H,2H2,1H3. The molecule has 1 aliphatic heterocycles. The van der Waals surface area contributed by atoms with Crippen LogP contribution in [0.2, 0.25) is 5.02 Å². The summed E-state index contributed by atoms with van der Waals surface area (Å²) >= 11 is 7.71. The number of ether oxygens (including phenoxy) is 1. The van der Waals surface area contributed by atoms with Crippen LogP contribution in [0.3, 0.4) is 0 Å². The zero-order valence-corrected chi connectivity index (χ0v) is 14.7. The Balaban J connectivity index is 1.65. The molecule has 0 aromatic heterocycles. The Bertz CT molecular complexity index is 815. The van der Waals surface area contributed by atoms with Crippen molar-refractivity contribution < 1.29 is 9.53 Å². The predicted octanol–water partition coefficient (Wildman–Crippen LogP) is 5.45. The second-order valence-corrected chi connectivity index (χ2v) is 6.48. The van der Waals surface area contributed by atoms with Gasteiger partial charge in [0.05, 0.1) is 10.7 Å². The number of nitrogens with one attached hydrogen (secondary N) is 1. The summed E-state index contributed by atoms with van der Waals surface area (Å²) in [5.74, 6) is 0.616. The van der Waals surface area contributed by atoms with Crippen molar-refractivity contribution >= 4 is 34.8 Å². The van der Waals surface area contributed by atoms with Crippen LogP contribution < -0.4 is 10.1 Å². The van der Waals surface area contributed by atoms with Gasteiger partial charge in [-0.3, -0.25) is 4.79 Å². The van der Waals surface area contributed by atoms with Crippen molar-refractivity contribution in [3.63, 3.8) is 0 Å². The van der Waals surface area contributed by atoms with Gasteiger partial charge in [-0.25, -0.2) is 0 Å². The lowest BCUT2D eigenvalue weighted by molar-refractivity contribution is 0.0988. The maximum absolute atomic E-state index is 11.7. The van der Waals surface area contributed by atoms with E-state index in [4.69, 9.17) is 16.3 Å². The Morgan fingerprint density at radius 2 is 2.04 bits per heavy atom. The van der Waals surface area contributed by atoms with Crippen molar-refractivity contribution in [3.8, 4) is 5.75 Å². The lowest BCUT2D eigenvalue weighted by atomic mass is 10.1. The van der Waals surface area contributed by atoms with E-state index >= 15 is 0 Å². The molecule has 3 rings (SSSR count). The third-order valence-corrected chi connectivity index (χ3v) is 4.63. The van der Waals surface area contributed by atoms with Gasteiger partial charge in [-0.05, 0) is 17.7 Å². The number of benzene rings is 2. The average Bonchev–Trinajstić information content (AvgIpc) is 3.09. The molecule has 0 fully saturated rings. The van der Waals surface area contributed by atoms with Gasteiger partial charge >= 0.3 is 0 Å². The highest BCUT2D eigenvalue weighted by atomic mass is 35.5. The van der Waals surface area contributed by atoms with Crippen molar-refractivity contribution in [2.75, 3.05) is 0 Å². The molecule has 122 valence electrons. The van der Waals surface area contributed by atoms with Crippen LogP contribution in [-0.2, 0) is 0 Å². The molecule has 2 aromatic rings. The van der Waals surface area contributed by atoms with Crippen molar-refractivity contribution in [3.05, 3.63) is 81.4 Å². The van der Waals surface area contributed by atoms with E-state index in [9.17, 15) is 4.79 Å². The molecule has 0 atom stereocenters. The smallest absolute Gasteiger partial charge is 0.164 e. The van der Waals surface area contributed by atoms with Gasteiger partial charge in [0.2, 0.25) is 0 Å². The molecule has 0 saturated carbocycles. The van der Waals surface area contributed by atoms with Crippen molar-refractivity contribution in [2.24, 2.45) is 0 Å². The van der Waals surface area contributed by atoms with E-state index in [1.807, 2.05) is 42.7 Å². The van der Waals surface area contributed by atoms with Crippen LogP contribution in [0, 0.1) is 0 Å². The molecule has 0 unspecified atom stereocenters. The summed E-state index contributed by atoms with van der Waals surface area (Å²) in [6, 6.07) is 15.2. The minimum absolute atomic E-state index is 0.0228. The molecule has 2 aromatic carbocycles. The Labute approximate surface area is 150 Å². The molecule has 3 nitrogen and oxygen atoms in total. The molecular weight excluding hydrogens is 342 g/mol. The zero-order valence-electron chi connectivity index (χ0n) is 13.1. The van der Waals surface area contributed by atoms with Crippen LogP contribution in [0.5, 0.6) is 5.75 Å². The average molecular weight is 358 g/mol. The summed E-state index contributed by atoms with van der Waals surface area (Å²) in [7, 11) is 0. The molecule has 1 aliphatic rings. The van der Waals surface area contributed by atoms with Crippen LogP contribution in [-0.4, -0.2) is 5.78 Å². The lowest BCUT2D eigenvalue weighted by Gasteiger charge is -2.07. The fraction of sp³-hybridized carbons (Fsp3) is 0.105. The summed E-state index contributed by atoms with van der Waals surface area (Å²) in [6.45, 7) is 1.81. The summed E-state index contributed by atoms with van der Waals surface area (Å²) in [5.41, 5.74) is 2.69. The second-order valence-electron chi connectivity index (χ2n) is 5.16. The SMILES string of the molecule is CCC(=O)c1ccc(OC=C2NC(c3ccccc3)=CS2)cc1Cl. The largest absolute Gasteiger partial charge is 0.462 e. The number of Topliss-reactive ketones (excluding diaryl/α,β-unsaturated/α-hetero) is 1. The number of carbonyl (C=O) groups excluding carboxylic acids is 1. The molecule has 0 aliphatic carbocycles. The lowest BCUT2D eigenvalue weighted by Crippen LogP contribution is -2.05. The first-order chi connectivity index (χ1) is 11.7. The summed E-state index contributed by atoms with van der Waals surface area (Å²) in [6.07, 6.45) is 2.07. The number of carbonyl (C=O) groups is 1. The van der Waals surface area contributed by atoms with Gasteiger partial charge in [0.1, 0.15) is 17.0 Å². The number of halogens is 1. The Kier molecular flexibility index (Phi) is 5.28. The molecule has 24 heavy (non-hydrogen) atoms. The Morgan fingerprint density at radius 1 is 1.25 bits per heavy atom. The molecule has 0 saturated heterocycles. The number of hydrogen-bond acceptors (Lipinski definition) is 4. The maximum Gasteiger partial charge on any atom is 0.164 e. The number of rotatable bonds is 5. The van der Waals surface area contributed by atoms with E-state index in [-0.39, 0.29) is 5.78 Å². The second kappa shape index (κ2) is 7.60. The van der Waals surface area contributed by atoms with Gasteiger partial charge in [-0.15, -0.1) is 0 Å². The van der Waals surface area contributed by atoms with Gasteiger partial charge in [-0.1, -0.05) is 60.6 Å². The summed E-state index contributed by atoms with van der Waals surface area (Å²) < 4.78 is 5.65. The van der Waals surface area contributed by atoms with Gasteiger partial charge in [0.15, 0.2) is 5.78 Å². The van der Waals surface area contributed by atoms with Gasteiger partial charge in [-0.2, -0.15) is 0 Å². The fourth-order valence-corrected chi connectivity index (χ4v) is 3.22. The first-order valence-electron chi connectivity index (χ1n) is 7.56. The van der Waals surface area contributed by atoms with Gasteiger partial charge in [0.25, 0.3) is 0 Å². The molecule has 1 heterocycles. The maximum atomic E-state index is 11.7. The van der Waals surface area contributed by atoms with Crippen LogP contribution in [0.15, 0.2) is 65.2 Å². The minimum Gasteiger partial charge on any atom is -0.462 e. The Morgan fingerprint density at radius 3 is 2.75 bits per heavy atom. The molecule has 5 heteroatoms. The fourth-order valence-electron chi connectivity index (χ4n) is 2.24. The highest BCUT2D eigenvalue weighted by Gasteiger charge is 2.12. The molecular formula is C19H16ClNO2S. The quantitative estimate of drug-likeness (QED) is 0.570. The minimum atomic E-state index is 0.0228. The van der Waals surface area contributed by atoms with Crippen LogP contribution >= 0.6 is 23.4 Å². The summed E-state index contributed by atoms with van der Waals surface area (Å²) in [4.78, 5) is 11.7. The predicted molar refractivity (Wildman–Crippen MR) is 99.9 cm³/mol. The third-order valence-electron chi connectivity index (χ3n) is 3.51. The van der Waals surface area contributed by atoms with Crippen molar-refractivity contribution in [1.29, 1.82) is 0 Å². The van der Waals surface area contributed by atoms with E-state index < -0.39 is 0 Å². The van der Waals surface area contributed by atoms with E-state index in [0.717, 1.165) is 16.3 Å². The third kappa shape index (κ3) is 3.83. The van der Waals surface area contributed by atoms with E-state index in [0.29, 0.717) is 22.8 Å². The number of ketones is 1. The number of thioether (sulfide) groups is 1. The molecule has 0 bridgehead atoms. The Hall–Kier alpha value is -2.17. The summed E-state index contributed by atoms with van der Waals surface area (Å²) in [5, 5.41) is 6.64. The van der Waals surface area contributed by atoms with Gasteiger partial charge < -0.3 is 10.1 Å². The van der Waals surface area contributed by atoms with E-state index in [1.165, 1.54) is 0 Å².